The maximum atomic E-state index is 13.1. The van der Waals surface area contributed by atoms with E-state index < -0.39 is 11.6 Å². The number of Topliss-reactive ketones (excluding diaryl/α,β-unsaturated/α-hetero) is 1. The molecule has 0 amide bonds. The van der Waals surface area contributed by atoms with Gasteiger partial charge in [0.1, 0.15) is 23.0 Å². The molecule has 0 bridgehead atoms. The van der Waals surface area contributed by atoms with Crippen LogP contribution in [0.2, 0.25) is 0 Å². The minimum Gasteiger partial charge on any atom is -0.497 e. The molecule has 2 aliphatic rings. The van der Waals surface area contributed by atoms with Crippen molar-refractivity contribution < 1.29 is 28.5 Å². The molecule has 3 aromatic carbocycles. The molecule has 162 valence electrons. The monoisotopic (exact) mass is 432 g/mol. The molecule has 0 radical (unpaired) electrons. The maximum Gasteiger partial charge on any atom is 0.340 e. The van der Waals surface area contributed by atoms with Gasteiger partial charge in [-0.25, -0.2) is 4.79 Å². The van der Waals surface area contributed by atoms with Gasteiger partial charge >= 0.3 is 5.97 Å². The normalized spacial score (nSPS) is 14.7. The van der Waals surface area contributed by atoms with Gasteiger partial charge in [0.25, 0.3) is 0 Å². The third-order valence-electron chi connectivity index (χ3n) is 5.81. The van der Waals surface area contributed by atoms with E-state index in [1.807, 2.05) is 12.1 Å². The molecule has 2 heterocycles. The van der Waals surface area contributed by atoms with Gasteiger partial charge in [-0.05, 0) is 30.3 Å². The van der Waals surface area contributed by atoms with Gasteiger partial charge in [-0.15, -0.1) is 0 Å². The van der Waals surface area contributed by atoms with Crippen molar-refractivity contribution in [1.29, 1.82) is 0 Å². The highest BCUT2D eigenvalue weighted by atomic mass is 16.6. The van der Waals surface area contributed by atoms with Crippen LogP contribution >= 0.6 is 0 Å². The van der Waals surface area contributed by atoms with Crippen LogP contribution in [0.3, 0.4) is 0 Å². The standard InChI is InChI=1S/C24H20N2O6/c1-29-14-4-7-18-21(10-14)31-22-11-15(30-2)5-8-19(22)24(18)17-6-3-13(20(27)12-26-25)9-16(17)23(28)32-24/h3-11,26H,12,25H2,1-2H3. The number of rotatable bonds is 5. The summed E-state index contributed by atoms with van der Waals surface area (Å²) in [6, 6.07) is 15.7. The van der Waals surface area contributed by atoms with Crippen molar-refractivity contribution in [3.8, 4) is 23.0 Å². The Bertz CT molecular complexity index is 1220. The molecule has 0 saturated heterocycles. The molecule has 3 aromatic rings. The molecular formula is C24H20N2O6. The molecular weight excluding hydrogens is 412 g/mol. The van der Waals surface area contributed by atoms with E-state index >= 15 is 0 Å². The lowest BCUT2D eigenvalue weighted by Crippen LogP contribution is -2.33. The molecule has 32 heavy (non-hydrogen) atoms. The fourth-order valence-corrected chi connectivity index (χ4v) is 4.31. The van der Waals surface area contributed by atoms with Crippen LogP contribution in [0.5, 0.6) is 23.0 Å². The van der Waals surface area contributed by atoms with Gasteiger partial charge in [0.15, 0.2) is 11.4 Å². The van der Waals surface area contributed by atoms with Crippen molar-refractivity contribution in [3.05, 3.63) is 82.4 Å². The maximum absolute atomic E-state index is 13.1. The van der Waals surface area contributed by atoms with E-state index in [1.54, 1.807) is 56.7 Å². The first kappa shape index (κ1) is 20.0. The minimum atomic E-state index is -1.23. The summed E-state index contributed by atoms with van der Waals surface area (Å²) >= 11 is 0. The van der Waals surface area contributed by atoms with Gasteiger partial charge in [0, 0.05) is 34.4 Å². The van der Waals surface area contributed by atoms with E-state index in [-0.39, 0.29) is 12.3 Å². The van der Waals surface area contributed by atoms with Crippen molar-refractivity contribution in [2.75, 3.05) is 20.8 Å². The molecule has 0 atom stereocenters. The number of hydrazine groups is 1. The van der Waals surface area contributed by atoms with E-state index in [1.165, 1.54) is 0 Å². The predicted molar refractivity (Wildman–Crippen MR) is 114 cm³/mol. The Morgan fingerprint density at radius 2 is 1.53 bits per heavy atom. The average molecular weight is 432 g/mol. The zero-order valence-corrected chi connectivity index (χ0v) is 17.4. The fourth-order valence-electron chi connectivity index (χ4n) is 4.31. The summed E-state index contributed by atoms with van der Waals surface area (Å²) in [4.78, 5) is 25.4. The van der Waals surface area contributed by atoms with Gasteiger partial charge in [-0.3, -0.25) is 16.1 Å². The second kappa shape index (κ2) is 7.37. The zero-order valence-electron chi connectivity index (χ0n) is 17.4. The predicted octanol–water partition coefficient (Wildman–Crippen LogP) is 2.92. The third-order valence-corrected chi connectivity index (χ3v) is 5.81. The lowest BCUT2D eigenvalue weighted by Gasteiger charge is -2.36. The Morgan fingerprint density at radius 3 is 2.09 bits per heavy atom. The highest BCUT2D eigenvalue weighted by Crippen LogP contribution is 2.57. The summed E-state index contributed by atoms with van der Waals surface area (Å²) < 4.78 is 23.0. The molecule has 0 fully saturated rings. The van der Waals surface area contributed by atoms with Crippen molar-refractivity contribution >= 4 is 11.8 Å². The molecule has 0 aliphatic carbocycles. The molecule has 1 spiro atoms. The van der Waals surface area contributed by atoms with Crippen LogP contribution in [0.1, 0.15) is 37.4 Å². The Morgan fingerprint density at radius 1 is 0.938 bits per heavy atom. The van der Waals surface area contributed by atoms with E-state index in [4.69, 9.17) is 24.8 Å². The minimum absolute atomic E-state index is 0.0436. The van der Waals surface area contributed by atoms with Gasteiger partial charge in [0.2, 0.25) is 0 Å². The van der Waals surface area contributed by atoms with Crippen LogP contribution in [0.4, 0.5) is 0 Å². The molecule has 8 nitrogen and oxygen atoms in total. The topological polar surface area (TPSA) is 109 Å². The van der Waals surface area contributed by atoms with Crippen molar-refractivity contribution in [2.24, 2.45) is 5.84 Å². The number of nitrogens with one attached hydrogen (secondary N) is 1. The summed E-state index contributed by atoms with van der Waals surface area (Å²) in [6.45, 7) is -0.0436. The zero-order chi connectivity index (χ0) is 22.5. The molecule has 0 unspecified atom stereocenters. The largest absolute Gasteiger partial charge is 0.497 e. The van der Waals surface area contributed by atoms with Crippen molar-refractivity contribution in [1.82, 2.24) is 5.43 Å². The number of hydrogen-bond donors (Lipinski definition) is 2. The number of fused-ring (bicyclic) bond motifs is 6. The summed E-state index contributed by atoms with van der Waals surface area (Å²) in [5, 5.41) is 0. The number of benzene rings is 3. The second-order valence-electron chi connectivity index (χ2n) is 7.46. The molecule has 3 N–H and O–H groups in total. The van der Waals surface area contributed by atoms with E-state index in [0.29, 0.717) is 50.8 Å². The quantitative estimate of drug-likeness (QED) is 0.274. The number of ether oxygens (including phenoxy) is 4. The Labute approximate surface area is 183 Å². The first-order valence-electron chi connectivity index (χ1n) is 9.91. The smallest absolute Gasteiger partial charge is 0.340 e. The van der Waals surface area contributed by atoms with E-state index in [9.17, 15) is 9.59 Å². The fraction of sp³-hybridized carbons (Fsp3) is 0.167. The van der Waals surface area contributed by atoms with Crippen LogP contribution in [0, 0.1) is 0 Å². The Balaban J connectivity index is 1.77. The highest BCUT2D eigenvalue weighted by Gasteiger charge is 2.53. The number of nitrogens with two attached hydrogens (primary N) is 1. The average Bonchev–Trinajstić information content (AvgIpc) is 3.10. The number of carbonyl (C=O) groups excluding carboxylic acids is 2. The van der Waals surface area contributed by atoms with E-state index in [2.05, 4.69) is 5.43 Å². The van der Waals surface area contributed by atoms with Gasteiger partial charge in [0.05, 0.1) is 26.3 Å². The van der Waals surface area contributed by atoms with Crippen LogP contribution in [-0.4, -0.2) is 32.5 Å². The summed E-state index contributed by atoms with van der Waals surface area (Å²) in [5.74, 6) is 6.72. The number of ketones is 1. The summed E-state index contributed by atoms with van der Waals surface area (Å²) in [5.41, 5.74) is 3.74. The van der Waals surface area contributed by atoms with Crippen LogP contribution in [-0.2, 0) is 10.3 Å². The lowest BCUT2D eigenvalue weighted by atomic mass is 9.77. The van der Waals surface area contributed by atoms with Crippen LogP contribution in [0.15, 0.2) is 54.6 Å². The molecule has 0 aromatic heterocycles. The second-order valence-corrected chi connectivity index (χ2v) is 7.46. The van der Waals surface area contributed by atoms with Gasteiger partial charge < -0.3 is 18.9 Å². The van der Waals surface area contributed by atoms with Gasteiger partial charge in [-0.2, -0.15) is 0 Å². The lowest BCUT2D eigenvalue weighted by molar-refractivity contribution is 0.0224. The highest BCUT2D eigenvalue weighted by molar-refractivity contribution is 6.03. The number of esters is 1. The first-order chi connectivity index (χ1) is 15.5. The summed E-state index contributed by atoms with van der Waals surface area (Å²) in [7, 11) is 3.13. The van der Waals surface area contributed by atoms with Crippen molar-refractivity contribution in [2.45, 2.75) is 5.60 Å². The first-order valence-corrected chi connectivity index (χ1v) is 9.91. The van der Waals surface area contributed by atoms with Crippen LogP contribution in [0.25, 0.3) is 0 Å². The SMILES string of the molecule is COc1ccc2c(c1)Oc1cc(OC)ccc1C21OC(=O)c2cc(C(=O)CNN)ccc21. The number of hydrogen-bond acceptors (Lipinski definition) is 8. The molecule has 0 saturated carbocycles. The van der Waals surface area contributed by atoms with Gasteiger partial charge in [-0.1, -0.05) is 12.1 Å². The molecule has 5 rings (SSSR count). The molecule has 8 heteroatoms. The number of methoxy groups -OCH3 is 2. The van der Waals surface area contributed by atoms with E-state index in [0.717, 1.165) is 0 Å². The number of carbonyl (C=O) groups is 2. The molecule has 2 aliphatic heterocycles. The Hall–Kier alpha value is -3.88. The van der Waals surface area contributed by atoms with Crippen LogP contribution < -0.4 is 25.5 Å². The summed E-state index contributed by atoms with van der Waals surface area (Å²) in [6.07, 6.45) is 0. The Kier molecular flexibility index (Phi) is 4.61. The third kappa shape index (κ3) is 2.77. The van der Waals surface area contributed by atoms with Crippen molar-refractivity contribution in [3.63, 3.8) is 0 Å².